The lowest BCUT2D eigenvalue weighted by Crippen LogP contribution is -2.48. The molecule has 0 aromatic carbocycles. The topological polar surface area (TPSA) is 29.1 Å². The molecular weight excluding hydrogens is 218 g/mol. The number of hydrogen-bond donors (Lipinski definition) is 1. The summed E-state index contributed by atoms with van der Waals surface area (Å²) in [5.41, 5.74) is 0. The van der Waals surface area contributed by atoms with Crippen LogP contribution in [0.15, 0.2) is 0 Å². The normalized spacial score (nSPS) is 34.1. The van der Waals surface area contributed by atoms with Gasteiger partial charge in [-0.15, -0.1) is 0 Å². The molecule has 0 spiro atoms. The first-order chi connectivity index (χ1) is 7.81. The summed E-state index contributed by atoms with van der Waals surface area (Å²) in [5, 5.41) is 4.22. The highest BCUT2D eigenvalue weighted by Crippen LogP contribution is 2.26. The predicted molar refractivity (Wildman–Crippen MR) is 70.1 cm³/mol. The van der Waals surface area contributed by atoms with Crippen LogP contribution in [0.2, 0.25) is 0 Å². The molecule has 0 aromatic heterocycles. The van der Waals surface area contributed by atoms with E-state index in [2.05, 4.69) is 12.2 Å². The SMILES string of the molecule is CCS(=O)C1CCCCC1NC1CCCC1. The molecule has 1 N–H and O–H groups in total. The van der Waals surface area contributed by atoms with Crippen molar-refractivity contribution in [3.8, 4) is 0 Å². The number of nitrogens with one attached hydrogen (secondary N) is 1. The molecule has 3 heteroatoms. The third-order valence-electron chi connectivity index (χ3n) is 4.13. The maximum Gasteiger partial charge on any atom is 0.0501 e. The minimum atomic E-state index is -0.606. The Morgan fingerprint density at radius 3 is 2.38 bits per heavy atom. The van der Waals surface area contributed by atoms with E-state index in [1.807, 2.05) is 0 Å². The lowest BCUT2D eigenvalue weighted by Gasteiger charge is -2.33. The fourth-order valence-corrected chi connectivity index (χ4v) is 4.65. The molecule has 0 bridgehead atoms. The second kappa shape index (κ2) is 6.15. The van der Waals surface area contributed by atoms with E-state index in [-0.39, 0.29) is 0 Å². The van der Waals surface area contributed by atoms with Crippen LogP contribution in [-0.4, -0.2) is 27.3 Å². The van der Waals surface area contributed by atoms with Gasteiger partial charge in [-0.25, -0.2) is 0 Å². The molecule has 0 aromatic rings. The van der Waals surface area contributed by atoms with Crippen LogP contribution in [0.4, 0.5) is 0 Å². The minimum absolute atomic E-state index is 0.430. The van der Waals surface area contributed by atoms with Crippen LogP contribution in [0.25, 0.3) is 0 Å². The van der Waals surface area contributed by atoms with E-state index < -0.39 is 10.8 Å². The third kappa shape index (κ3) is 3.07. The van der Waals surface area contributed by atoms with Gasteiger partial charge < -0.3 is 5.32 Å². The highest BCUT2D eigenvalue weighted by Gasteiger charge is 2.31. The van der Waals surface area contributed by atoms with Gasteiger partial charge >= 0.3 is 0 Å². The Morgan fingerprint density at radius 2 is 1.69 bits per heavy atom. The monoisotopic (exact) mass is 243 g/mol. The van der Waals surface area contributed by atoms with Crippen LogP contribution in [0.1, 0.15) is 58.3 Å². The zero-order chi connectivity index (χ0) is 11.4. The summed E-state index contributed by atoms with van der Waals surface area (Å²) in [6.45, 7) is 2.05. The molecule has 0 aliphatic heterocycles. The van der Waals surface area contributed by atoms with Gasteiger partial charge in [0.15, 0.2) is 0 Å². The van der Waals surface area contributed by atoms with Crippen molar-refractivity contribution in [1.29, 1.82) is 0 Å². The summed E-state index contributed by atoms with van der Waals surface area (Å²) in [7, 11) is -0.606. The Hall–Kier alpha value is 0.110. The van der Waals surface area contributed by atoms with Crippen LogP contribution in [-0.2, 0) is 10.8 Å². The average Bonchev–Trinajstić information content (AvgIpc) is 2.82. The van der Waals surface area contributed by atoms with Gasteiger partial charge in [0.1, 0.15) is 0 Å². The average molecular weight is 243 g/mol. The summed E-state index contributed by atoms with van der Waals surface area (Å²) in [5.74, 6) is 0.827. The van der Waals surface area contributed by atoms with E-state index >= 15 is 0 Å². The van der Waals surface area contributed by atoms with Gasteiger partial charge in [-0.3, -0.25) is 4.21 Å². The van der Waals surface area contributed by atoms with Crippen molar-refractivity contribution >= 4 is 10.8 Å². The van der Waals surface area contributed by atoms with Crippen LogP contribution in [0.3, 0.4) is 0 Å². The Kier molecular flexibility index (Phi) is 4.83. The predicted octanol–water partition coefficient (Wildman–Crippen LogP) is 2.60. The van der Waals surface area contributed by atoms with Gasteiger partial charge in [-0.1, -0.05) is 32.6 Å². The largest absolute Gasteiger partial charge is 0.310 e. The molecule has 0 radical (unpaired) electrons. The van der Waals surface area contributed by atoms with E-state index in [1.165, 1.54) is 51.4 Å². The lowest BCUT2D eigenvalue weighted by molar-refractivity contribution is 0.342. The van der Waals surface area contributed by atoms with E-state index in [0.29, 0.717) is 11.3 Å². The molecule has 3 unspecified atom stereocenters. The number of hydrogen-bond acceptors (Lipinski definition) is 2. The fourth-order valence-electron chi connectivity index (χ4n) is 3.21. The molecule has 2 fully saturated rings. The van der Waals surface area contributed by atoms with Gasteiger partial charge in [-0.05, 0) is 25.7 Å². The molecule has 2 nitrogen and oxygen atoms in total. The van der Waals surface area contributed by atoms with E-state index in [0.717, 1.165) is 11.8 Å². The molecule has 2 saturated carbocycles. The molecule has 0 saturated heterocycles. The van der Waals surface area contributed by atoms with Gasteiger partial charge in [0.05, 0.1) is 5.25 Å². The fraction of sp³-hybridized carbons (Fsp3) is 1.00. The van der Waals surface area contributed by atoms with Gasteiger partial charge in [-0.2, -0.15) is 0 Å². The lowest BCUT2D eigenvalue weighted by atomic mass is 9.94. The second-order valence-electron chi connectivity index (χ2n) is 5.25. The van der Waals surface area contributed by atoms with Crippen LogP contribution >= 0.6 is 0 Å². The van der Waals surface area contributed by atoms with E-state index in [1.54, 1.807) is 0 Å². The maximum absolute atomic E-state index is 12.0. The summed E-state index contributed by atoms with van der Waals surface area (Å²) >= 11 is 0. The van der Waals surface area contributed by atoms with E-state index in [9.17, 15) is 4.21 Å². The Morgan fingerprint density at radius 1 is 1.06 bits per heavy atom. The van der Waals surface area contributed by atoms with Crippen molar-refractivity contribution in [3.05, 3.63) is 0 Å². The summed E-state index contributed by atoms with van der Waals surface area (Å²) < 4.78 is 12.0. The smallest absolute Gasteiger partial charge is 0.0501 e. The van der Waals surface area contributed by atoms with Gasteiger partial charge in [0, 0.05) is 28.6 Å². The molecule has 0 amide bonds. The highest BCUT2D eigenvalue weighted by atomic mass is 32.2. The van der Waals surface area contributed by atoms with Crippen molar-refractivity contribution < 1.29 is 4.21 Å². The minimum Gasteiger partial charge on any atom is -0.310 e. The molecule has 94 valence electrons. The Labute approximate surface area is 102 Å². The molecular formula is C13H25NOS. The van der Waals surface area contributed by atoms with Gasteiger partial charge in [0.2, 0.25) is 0 Å². The maximum atomic E-state index is 12.0. The summed E-state index contributed by atoms with van der Waals surface area (Å²) in [6, 6.07) is 1.26. The second-order valence-corrected chi connectivity index (χ2v) is 7.19. The standard InChI is InChI=1S/C13H25NOS/c1-2-16(15)13-10-6-5-9-12(13)14-11-7-3-4-8-11/h11-14H,2-10H2,1H3. The molecule has 2 rings (SSSR count). The first-order valence-electron chi connectivity index (χ1n) is 6.94. The van der Waals surface area contributed by atoms with E-state index in [4.69, 9.17) is 0 Å². The van der Waals surface area contributed by atoms with Crippen LogP contribution < -0.4 is 5.32 Å². The van der Waals surface area contributed by atoms with Gasteiger partial charge in [0.25, 0.3) is 0 Å². The van der Waals surface area contributed by atoms with Crippen molar-refractivity contribution in [2.75, 3.05) is 5.75 Å². The zero-order valence-electron chi connectivity index (χ0n) is 10.4. The number of rotatable bonds is 4. The Bertz CT molecular complexity index is 238. The highest BCUT2D eigenvalue weighted by molar-refractivity contribution is 7.85. The van der Waals surface area contributed by atoms with Crippen molar-refractivity contribution in [1.82, 2.24) is 5.32 Å². The Balaban J connectivity index is 1.90. The summed E-state index contributed by atoms with van der Waals surface area (Å²) in [4.78, 5) is 0. The van der Waals surface area contributed by atoms with Crippen LogP contribution in [0.5, 0.6) is 0 Å². The molecule has 2 aliphatic carbocycles. The van der Waals surface area contributed by atoms with Crippen molar-refractivity contribution in [2.24, 2.45) is 0 Å². The van der Waals surface area contributed by atoms with Crippen molar-refractivity contribution in [2.45, 2.75) is 75.6 Å². The summed E-state index contributed by atoms with van der Waals surface area (Å²) in [6.07, 6.45) is 10.4. The zero-order valence-corrected chi connectivity index (χ0v) is 11.2. The molecule has 0 heterocycles. The van der Waals surface area contributed by atoms with Crippen molar-refractivity contribution in [3.63, 3.8) is 0 Å². The first kappa shape index (κ1) is 12.6. The molecule has 16 heavy (non-hydrogen) atoms. The quantitative estimate of drug-likeness (QED) is 0.822. The van der Waals surface area contributed by atoms with Crippen LogP contribution in [0, 0.1) is 0 Å². The first-order valence-corrected chi connectivity index (χ1v) is 8.32. The molecule has 2 aliphatic rings. The molecule has 3 atom stereocenters. The third-order valence-corrected chi connectivity index (χ3v) is 5.94.